The van der Waals surface area contributed by atoms with Crippen molar-refractivity contribution in [2.45, 2.75) is 77.0 Å². The van der Waals surface area contributed by atoms with Crippen LogP contribution in [0.3, 0.4) is 0 Å². The topological polar surface area (TPSA) is 0 Å². The molecule has 0 N–H and O–H groups in total. The predicted octanol–water partition coefficient (Wildman–Crippen LogP) is 4.93. The Balaban J connectivity index is 1.90. The first-order chi connectivity index (χ1) is 7.97. The second kappa shape index (κ2) is 7.00. The molecule has 1 fully saturated rings. The first-order valence-corrected chi connectivity index (χ1v) is 7.45. The smallest absolute Gasteiger partial charge is 0.0231 e. The van der Waals surface area contributed by atoms with Crippen molar-refractivity contribution in [3.63, 3.8) is 0 Å². The van der Waals surface area contributed by atoms with Crippen molar-refractivity contribution in [1.29, 1.82) is 0 Å². The molecule has 2 aliphatic rings. The zero-order chi connectivity index (χ0) is 11.1. The van der Waals surface area contributed by atoms with Gasteiger partial charge in [0, 0.05) is 12.3 Å². The van der Waals surface area contributed by atoms with Gasteiger partial charge in [-0.05, 0) is 31.6 Å². The van der Waals surface area contributed by atoms with Gasteiger partial charge in [0.05, 0.1) is 0 Å². The van der Waals surface area contributed by atoms with Gasteiger partial charge < -0.3 is 0 Å². The molecule has 0 aromatic heterocycles. The Labute approximate surface area is 101 Å². The quantitative estimate of drug-likeness (QED) is 0.547. The molecule has 0 heterocycles. The van der Waals surface area contributed by atoms with Crippen LogP contribution in [0.5, 0.6) is 0 Å². The monoisotopic (exact) mass is 218 g/mol. The predicted molar refractivity (Wildman–Crippen MR) is 70.2 cm³/mol. The summed E-state index contributed by atoms with van der Waals surface area (Å²) >= 11 is 0. The average Bonchev–Trinajstić information content (AvgIpc) is 2.37. The van der Waals surface area contributed by atoms with Crippen LogP contribution in [0.1, 0.15) is 77.0 Å². The lowest BCUT2D eigenvalue weighted by atomic mass is 9.78. The van der Waals surface area contributed by atoms with Gasteiger partial charge >= 0.3 is 0 Å². The molecule has 16 heavy (non-hydrogen) atoms. The third-order valence-electron chi connectivity index (χ3n) is 4.32. The lowest BCUT2D eigenvalue weighted by molar-refractivity contribution is 0.277. The van der Waals surface area contributed by atoms with Crippen LogP contribution in [0.4, 0.5) is 0 Å². The lowest BCUT2D eigenvalue weighted by Crippen LogP contribution is -2.17. The Morgan fingerprint density at radius 3 is 2.12 bits per heavy atom. The van der Waals surface area contributed by atoms with Crippen molar-refractivity contribution in [2.75, 3.05) is 0 Å². The van der Waals surface area contributed by atoms with Gasteiger partial charge in [0.2, 0.25) is 0 Å². The van der Waals surface area contributed by atoms with Crippen molar-refractivity contribution in [2.24, 2.45) is 11.8 Å². The summed E-state index contributed by atoms with van der Waals surface area (Å²) in [5.74, 6) is 8.76. The van der Waals surface area contributed by atoms with Gasteiger partial charge in [-0.3, -0.25) is 0 Å². The molecule has 0 aliphatic heterocycles. The Hall–Kier alpha value is -0.440. The summed E-state index contributed by atoms with van der Waals surface area (Å²) in [6.07, 6.45) is 16.9. The summed E-state index contributed by atoms with van der Waals surface area (Å²) in [6, 6.07) is 0. The van der Waals surface area contributed by atoms with Crippen LogP contribution in [-0.4, -0.2) is 0 Å². The summed E-state index contributed by atoms with van der Waals surface area (Å²) in [5, 5.41) is 0. The molecule has 0 saturated heterocycles. The molecule has 2 rings (SSSR count). The minimum atomic E-state index is 0.749. The normalized spacial score (nSPS) is 29.1. The SMILES string of the molecule is C1#CC(C2CCCCC2)CCCCCCC1. The van der Waals surface area contributed by atoms with Crippen molar-refractivity contribution in [3.8, 4) is 11.8 Å². The standard InChI is InChI=1S/C16H26/c1-2-4-7-11-15(12-8-5-3-1)16-13-9-6-10-14-16/h15-16H,1-7,9-11,13-14H2. The van der Waals surface area contributed by atoms with Gasteiger partial charge in [0.1, 0.15) is 0 Å². The average molecular weight is 218 g/mol. The Bertz CT molecular complexity index is 236. The molecule has 1 saturated carbocycles. The van der Waals surface area contributed by atoms with Crippen LogP contribution in [0.15, 0.2) is 0 Å². The summed E-state index contributed by atoms with van der Waals surface area (Å²) < 4.78 is 0. The molecular weight excluding hydrogens is 192 g/mol. The number of hydrogen-bond donors (Lipinski definition) is 0. The Morgan fingerprint density at radius 1 is 0.625 bits per heavy atom. The summed E-state index contributed by atoms with van der Waals surface area (Å²) in [5.41, 5.74) is 0. The fraction of sp³-hybridized carbons (Fsp3) is 0.875. The summed E-state index contributed by atoms with van der Waals surface area (Å²) in [6.45, 7) is 0. The number of rotatable bonds is 1. The third-order valence-corrected chi connectivity index (χ3v) is 4.32. The maximum atomic E-state index is 3.61. The van der Waals surface area contributed by atoms with Gasteiger partial charge in [-0.1, -0.05) is 50.9 Å². The zero-order valence-corrected chi connectivity index (χ0v) is 10.6. The van der Waals surface area contributed by atoms with E-state index < -0.39 is 0 Å². The van der Waals surface area contributed by atoms with Gasteiger partial charge in [-0.15, -0.1) is 5.92 Å². The van der Waals surface area contributed by atoms with Crippen LogP contribution in [0, 0.1) is 23.7 Å². The van der Waals surface area contributed by atoms with Crippen LogP contribution >= 0.6 is 0 Å². The van der Waals surface area contributed by atoms with Gasteiger partial charge in [0.15, 0.2) is 0 Å². The van der Waals surface area contributed by atoms with E-state index in [-0.39, 0.29) is 0 Å². The molecule has 0 spiro atoms. The van der Waals surface area contributed by atoms with Crippen LogP contribution in [0.2, 0.25) is 0 Å². The van der Waals surface area contributed by atoms with Crippen molar-refractivity contribution >= 4 is 0 Å². The minimum Gasteiger partial charge on any atom is -0.103 e. The van der Waals surface area contributed by atoms with E-state index in [0.717, 1.165) is 18.3 Å². The largest absolute Gasteiger partial charge is 0.103 e. The van der Waals surface area contributed by atoms with E-state index >= 15 is 0 Å². The van der Waals surface area contributed by atoms with Gasteiger partial charge in [-0.2, -0.15) is 0 Å². The van der Waals surface area contributed by atoms with Crippen LogP contribution in [-0.2, 0) is 0 Å². The first kappa shape index (κ1) is 12.0. The van der Waals surface area contributed by atoms with E-state index in [4.69, 9.17) is 0 Å². The fourth-order valence-electron chi connectivity index (χ4n) is 3.27. The molecule has 0 nitrogen and oxygen atoms in total. The summed E-state index contributed by atoms with van der Waals surface area (Å²) in [7, 11) is 0. The highest BCUT2D eigenvalue weighted by molar-refractivity contribution is 5.06. The Kier molecular flexibility index (Phi) is 5.26. The highest BCUT2D eigenvalue weighted by Gasteiger charge is 2.21. The zero-order valence-electron chi connectivity index (χ0n) is 10.6. The lowest BCUT2D eigenvalue weighted by Gasteiger charge is -2.27. The van der Waals surface area contributed by atoms with Gasteiger partial charge in [-0.25, -0.2) is 0 Å². The molecule has 0 radical (unpaired) electrons. The van der Waals surface area contributed by atoms with E-state index in [1.165, 1.54) is 70.6 Å². The van der Waals surface area contributed by atoms with Crippen LogP contribution in [0.25, 0.3) is 0 Å². The molecule has 0 bridgehead atoms. The molecule has 2 aliphatic carbocycles. The second-order valence-electron chi connectivity index (χ2n) is 5.63. The number of hydrogen-bond acceptors (Lipinski definition) is 0. The summed E-state index contributed by atoms with van der Waals surface area (Å²) in [4.78, 5) is 0. The molecule has 0 aromatic carbocycles. The fourth-order valence-corrected chi connectivity index (χ4v) is 3.27. The molecule has 0 aromatic rings. The van der Waals surface area contributed by atoms with Crippen molar-refractivity contribution < 1.29 is 0 Å². The highest BCUT2D eigenvalue weighted by atomic mass is 14.3. The molecule has 90 valence electrons. The minimum absolute atomic E-state index is 0.749. The Morgan fingerprint density at radius 2 is 1.25 bits per heavy atom. The maximum Gasteiger partial charge on any atom is 0.0231 e. The van der Waals surface area contributed by atoms with E-state index in [9.17, 15) is 0 Å². The molecule has 1 atom stereocenters. The van der Waals surface area contributed by atoms with Crippen molar-refractivity contribution in [3.05, 3.63) is 0 Å². The van der Waals surface area contributed by atoms with E-state index in [1.54, 1.807) is 0 Å². The molecular formula is C16H26. The third kappa shape index (κ3) is 3.85. The van der Waals surface area contributed by atoms with Gasteiger partial charge in [0.25, 0.3) is 0 Å². The molecule has 1 unspecified atom stereocenters. The van der Waals surface area contributed by atoms with E-state index in [2.05, 4.69) is 11.8 Å². The van der Waals surface area contributed by atoms with E-state index in [0.29, 0.717) is 0 Å². The maximum absolute atomic E-state index is 3.61. The molecule has 0 heteroatoms. The van der Waals surface area contributed by atoms with Crippen molar-refractivity contribution in [1.82, 2.24) is 0 Å². The first-order valence-electron chi connectivity index (χ1n) is 7.45. The van der Waals surface area contributed by atoms with E-state index in [1.807, 2.05) is 0 Å². The highest BCUT2D eigenvalue weighted by Crippen LogP contribution is 2.32. The van der Waals surface area contributed by atoms with Crippen LogP contribution < -0.4 is 0 Å². The second-order valence-corrected chi connectivity index (χ2v) is 5.63. The molecule has 0 amide bonds.